The molecule has 1 unspecified atom stereocenters. The van der Waals surface area contributed by atoms with Gasteiger partial charge < -0.3 is 15.4 Å². The smallest absolute Gasteiger partial charge is 0.245 e. The molecule has 0 aromatic carbocycles. The van der Waals surface area contributed by atoms with Crippen molar-refractivity contribution in [3.05, 3.63) is 31.4 Å². The molecule has 0 spiro atoms. The van der Waals surface area contributed by atoms with Crippen LogP contribution in [0.15, 0.2) is 31.4 Å². The van der Waals surface area contributed by atoms with Gasteiger partial charge in [0.1, 0.15) is 17.8 Å². The second-order valence-corrected chi connectivity index (χ2v) is 7.47. The molecule has 1 saturated heterocycles. The van der Waals surface area contributed by atoms with Crippen LogP contribution in [0.4, 0.5) is 5.82 Å². The van der Waals surface area contributed by atoms with E-state index in [2.05, 4.69) is 21.6 Å². The molecule has 1 amide bonds. The van der Waals surface area contributed by atoms with Crippen LogP contribution in [-0.4, -0.2) is 67.1 Å². The molecule has 1 atom stereocenters. The minimum absolute atomic E-state index is 0.0271. The lowest BCUT2D eigenvalue weighted by atomic mass is 9.98. The van der Waals surface area contributed by atoms with E-state index in [9.17, 15) is 4.79 Å². The predicted octanol–water partition coefficient (Wildman–Crippen LogP) is 1.34. The minimum Gasteiger partial charge on any atom is -0.383 e. The zero-order chi connectivity index (χ0) is 21.1. The van der Waals surface area contributed by atoms with Gasteiger partial charge in [0.15, 0.2) is 5.65 Å². The van der Waals surface area contributed by atoms with Crippen molar-refractivity contribution in [1.29, 1.82) is 0 Å². The summed E-state index contributed by atoms with van der Waals surface area (Å²) >= 11 is 0. The summed E-state index contributed by atoms with van der Waals surface area (Å²) in [7, 11) is 1.66. The van der Waals surface area contributed by atoms with Crippen LogP contribution in [0.3, 0.4) is 0 Å². The number of methoxy groups -OCH3 is 1. The summed E-state index contributed by atoms with van der Waals surface area (Å²) in [5, 5.41) is 9.93. The molecule has 0 bridgehead atoms. The van der Waals surface area contributed by atoms with Crippen molar-refractivity contribution < 1.29 is 9.53 Å². The van der Waals surface area contributed by atoms with Crippen LogP contribution >= 0.6 is 0 Å². The topological polar surface area (TPSA) is 117 Å². The third-order valence-corrected chi connectivity index (χ3v) is 5.43. The maximum Gasteiger partial charge on any atom is 0.245 e. The van der Waals surface area contributed by atoms with E-state index in [1.165, 1.54) is 12.4 Å². The Balaban J connectivity index is 1.65. The summed E-state index contributed by atoms with van der Waals surface area (Å²) in [4.78, 5) is 22.5. The molecule has 0 radical (unpaired) electrons. The van der Waals surface area contributed by atoms with Gasteiger partial charge >= 0.3 is 0 Å². The number of ether oxygens (including phenoxy) is 1. The van der Waals surface area contributed by atoms with E-state index in [-0.39, 0.29) is 11.8 Å². The standard InChI is InChI=1S/C20H26N8O2/c1-3-16(29)26-6-4-5-14(10-26)11-28-20-17(19(21)22-13-23-20)18(25-28)15-9-24-27(12-15)7-8-30-2/h3,9,12-14H,1,4-8,10-11H2,2H3,(H2,21,22,23). The molecule has 3 aromatic rings. The van der Waals surface area contributed by atoms with Gasteiger partial charge in [-0.1, -0.05) is 6.58 Å². The maximum absolute atomic E-state index is 12.0. The van der Waals surface area contributed by atoms with Gasteiger partial charge in [0.05, 0.1) is 24.7 Å². The lowest BCUT2D eigenvalue weighted by Gasteiger charge is -2.32. The first kappa shape index (κ1) is 20.0. The number of hydrogen-bond acceptors (Lipinski definition) is 7. The van der Waals surface area contributed by atoms with E-state index in [0.29, 0.717) is 43.4 Å². The van der Waals surface area contributed by atoms with Gasteiger partial charge in [0, 0.05) is 38.5 Å². The van der Waals surface area contributed by atoms with Gasteiger partial charge in [-0.2, -0.15) is 10.2 Å². The second-order valence-electron chi connectivity index (χ2n) is 7.47. The number of nitrogens with two attached hydrogens (primary N) is 1. The van der Waals surface area contributed by atoms with E-state index < -0.39 is 0 Å². The van der Waals surface area contributed by atoms with Crippen molar-refractivity contribution in [2.75, 3.05) is 32.5 Å². The Morgan fingerprint density at radius 1 is 1.43 bits per heavy atom. The summed E-state index contributed by atoms with van der Waals surface area (Å²) < 4.78 is 8.80. The molecule has 30 heavy (non-hydrogen) atoms. The van der Waals surface area contributed by atoms with Gasteiger partial charge in [0.2, 0.25) is 5.91 Å². The fourth-order valence-electron chi connectivity index (χ4n) is 3.94. The van der Waals surface area contributed by atoms with E-state index in [4.69, 9.17) is 15.6 Å². The molecule has 10 nitrogen and oxygen atoms in total. The Labute approximate surface area is 174 Å². The average molecular weight is 410 g/mol. The van der Waals surface area contributed by atoms with Crippen LogP contribution in [0.2, 0.25) is 0 Å². The second kappa shape index (κ2) is 8.62. The first-order chi connectivity index (χ1) is 14.6. The molecule has 3 aromatic heterocycles. The summed E-state index contributed by atoms with van der Waals surface area (Å²) in [6.45, 7) is 6.91. The largest absolute Gasteiger partial charge is 0.383 e. The van der Waals surface area contributed by atoms with Crippen molar-refractivity contribution in [1.82, 2.24) is 34.4 Å². The Morgan fingerprint density at radius 2 is 2.30 bits per heavy atom. The highest BCUT2D eigenvalue weighted by Crippen LogP contribution is 2.31. The number of fused-ring (bicyclic) bond motifs is 1. The number of nitrogens with zero attached hydrogens (tertiary/aromatic N) is 7. The highest BCUT2D eigenvalue weighted by molar-refractivity contribution is 5.98. The molecule has 0 saturated carbocycles. The fourth-order valence-corrected chi connectivity index (χ4v) is 3.94. The van der Waals surface area contributed by atoms with E-state index >= 15 is 0 Å². The maximum atomic E-state index is 12.0. The number of hydrogen-bond donors (Lipinski definition) is 1. The van der Waals surface area contributed by atoms with Crippen LogP contribution in [0.5, 0.6) is 0 Å². The molecular weight excluding hydrogens is 384 g/mol. The number of aromatic nitrogens is 6. The van der Waals surface area contributed by atoms with Crippen molar-refractivity contribution in [3.63, 3.8) is 0 Å². The predicted molar refractivity (Wildman–Crippen MR) is 112 cm³/mol. The number of piperidine rings is 1. The zero-order valence-corrected chi connectivity index (χ0v) is 17.1. The molecule has 1 aliphatic heterocycles. The van der Waals surface area contributed by atoms with Crippen molar-refractivity contribution in [2.45, 2.75) is 25.9 Å². The Hall–Kier alpha value is -3.27. The van der Waals surface area contributed by atoms with Crippen LogP contribution in [0.1, 0.15) is 12.8 Å². The van der Waals surface area contributed by atoms with Crippen LogP contribution in [0, 0.1) is 5.92 Å². The number of anilines is 1. The highest BCUT2D eigenvalue weighted by Gasteiger charge is 2.25. The fraction of sp³-hybridized carbons (Fsp3) is 0.450. The van der Waals surface area contributed by atoms with Crippen LogP contribution < -0.4 is 5.73 Å². The number of rotatable bonds is 7. The first-order valence-corrected chi connectivity index (χ1v) is 10.0. The van der Waals surface area contributed by atoms with Crippen LogP contribution in [-0.2, 0) is 22.6 Å². The van der Waals surface area contributed by atoms with E-state index in [1.807, 2.05) is 20.5 Å². The molecule has 0 aliphatic carbocycles. The van der Waals surface area contributed by atoms with Gasteiger partial charge in [-0.15, -0.1) is 0 Å². The number of likely N-dealkylation sites (tertiary alicyclic amines) is 1. The molecule has 4 heterocycles. The molecule has 1 fully saturated rings. The monoisotopic (exact) mass is 410 g/mol. The summed E-state index contributed by atoms with van der Waals surface area (Å²) in [6, 6.07) is 0. The SMILES string of the molecule is C=CC(=O)N1CCCC(Cn2nc(-c3cnn(CCOC)c3)c3c(N)ncnc32)C1. The normalized spacial score (nSPS) is 16.8. The molecule has 4 rings (SSSR count). The quantitative estimate of drug-likeness (QED) is 0.584. The summed E-state index contributed by atoms with van der Waals surface area (Å²) in [6.07, 6.45) is 8.49. The minimum atomic E-state index is -0.0271. The van der Waals surface area contributed by atoms with Crippen molar-refractivity contribution >= 4 is 22.8 Å². The third-order valence-electron chi connectivity index (χ3n) is 5.43. The number of carbonyl (C=O) groups excluding carboxylic acids is 1. The lowest BCUT2D eigenvalue weighted by molar-refractivity contribution is -0.127. The van der Waals surface area contributed by atoms with Gasteiger partial charge in [-0.05, 0) is 24.8 Å². The molecule has 2 N–H and O–H groups in total. The number of nitrogen functional groups attached to an aromatic ring is 1. The molecule has 158 valence electrons. The van der Waals surface area contributed by atoms with E-state index in [0.717, 1.165) is 30.3 Å². The number of carbonyl (C=O) groups is 1. The van der Waals surface area contributed by atoms with Gasteiger partial charge in [-0.3, -0.25) is 9.48 Å². The highest BCUT2D eigenvalue weighted by atomic mass is 16.5. The average Bonchev–Trinajstić information content (AvgIpc) is 3.37. The van der Waals surface area contributed by atoms with Crippen molar-refractivity contribution in [2.24, 2.45) is 5.92 Å². The molecular formula is C20H26N8O2. The third kappa shape index (κ3) is 3.90. The molecule has 1 aliphatic rings. The van der Waals surface area contributed by atoms with Crippen LogP contribution in [0.25, 0.3) is 22.3 Å². The summed E-state index contributed by atoms with van der Waals surface area (Å²) in [5.41, 5.74) is 8.44. The lowest BCUT2D eigenvalue weighted by Crippen LogP contribution is -2.40. The zero-order valence-electron chi connectivity index (χ0n) is 17.1. The Morgan fingerprint density at radius 3 is 3.10 bits per heavy atom. The Bertz CT molecular complexity index is 1060. The number of amides is 1. The van der Waals surface area contributed by atoms with E-state index in [1.54, 1.807) is 13.3 Å². The summed E-state index contributed by atoms with van der Waals surface area (Å²) in [5.74, 6) is 0.637. The van der Waals surface area contributed by atoms with Gasteiger partial charge in [0.25, 0.3) is 0 Å². The molecule has 10 heteroatoms. The Kier molecular flexibility index (Phi) is 5.75. The van der Waals surface area contributed by atoms with Gasteiger partial charge in [-0.25, -0.2) is 14.6 Å². The van der Waals surface area contributed by atoms with Crippen molar-refractivity contribution in [3.8, 4) is 11.3 Å². The first-order valence-electron chi connectivity index (χ1n) is 10.0.